The molecule has 3 rings (SSSR count). The van der Waals surface area contributed by atoms with Crippen LogP contribution in [0.25, 0.3) is 0 Å². The molecule has 1 aromatic rings. The number of hydrogen-bond donors (Lipinski definition) is 1. The van der Waals surface area contributed by atoms with Crippen LogP contribution in [0.15, 0.2) is 24.3 Å². The van der Waals surface area contributed by atoms with Gasteiger partial charge in [0.15, 0.2) is 0 Å². The molecule has 2 aliphatic rings. The van der Waals surface area contributed by atoms with Gasteiger partial charge in [0.1, 0.15) is 0 Å². The van der Waals surface area contributed by atoms with Gasteiger partial charge in [-0.1, -0.05) is 32.9 Å². The van der Waals surface area contributed by atoms with Gasteiger partial charge in [0.25, 0.3) is 0 Å². The first-order valence-corrected chi connectivity index (χ1v) is 8.31. The molecular formula is C19H30N2. The third kappa shape index (κ3) is 2.59. The number of fused-ring (bicyclic) bond motifs is 2. The zero-order chi connectivity index (χ0) is 15.3. The first-order chi connectivity index (χ1) is 9.81. The molecule has 21 heavy (non-hydrogen) atoms. The Balaban J connectivity index is 1.80. The van der Waals surface area contributed by atoms with Crippen LogP contribution in [0.5, 0.6) is 0 Å². The van der Waals surface area contributed by atoms with Gasteiger partial charge in [0.2, 0.25) is 0 Å². The zero-order valence-electron chi connectivity index (χ0n) is 14.2. The monoisotopic (exact) mass is 286 g/mol. The molecule has 0 aliphatic heterocycles. The Bertz CT molecular complexity index is 515. The van der Waals surface area contributed by atoms with E-state index in [9.17, 15) is 0 Å². The first-order valence-electron chi connectivity index (χ1n) is 8.31. The van der Waals surface area contributed by atoms with Crippen LogP contribution in [-0.4, -0.2) is 25.0 Å². The van der Waals surface area contributed by atoms with E-state index in [0.717, 1.165) is 12.5 Å². The summed E-state index contributed by atoms with van der Waals surface area (Å²) < 4.78 is 0. The van der Waals surface area contributed by atoms with Crippen molar-refractivity contribution in [3.05, 3.63) is 29.8 Å². The molecule has 2 nitrogen and oxygen atoms in total. The predicted molar refractivity (Wildman–Crippen MR) is 90.5 cm³/mol. The van der Waals surface area contributed by atoms with Crippen LogP contribution < -0.4 is 5.32 Å². The van der Waals surface area contributed by atoms with Gasteiger partial charge in [-0.3, -0.25) is 0 Å². The fourth-order valence-electron chi connectivity index (χ4n) is 4.95. The van der Waals surface area contributed by atoms with Crippen LogP contribution in [0, 0.1) is 16.7 Å². The fourth-order valence-corrected chi connectivity index (χ4v) is 4.95. The lowest BCUT2D eigenvalue weighted by atomic mass is 9.68. The van der Waals surface area contributed by atoms with E-state index in [1.165, 1.54) is 30.5 Å². The summed E-state index contributed by atoms with van der Waals surface area (Å²) in [5.41, 5.74) is 3.56. The highest BCUT2D eigenvalue weighted by Gasteiger charge is 2.59. The maximum absolute atomic E-state index is 3.90. The van der Waals surface area contributed by atoms with Crippen LogP contribution >= 0.6 is 0 Å². The average molecular weight is 286 g/mol. The van der Waals surface area contributed by atoms with E-state index in [1.807, 2.05) is 0 Å². The number of nitrogens with one attached hydrogen (secondary N) is 1. The number of benzene rings is 1. The molecule has 0 saturated heterocycles. The molecule has 3 atom stereocenters. The third-order valence-corrected chi connectivity index (χ3v) is 6.01. The number of anilines is 1. The summed E-state index contributed by atoms with van der Waals surface area (Å²) in [6.45, 7) is 8.42. The van der Waals surface area contributed by atoms with Gasteiger partial charge < -0.3 is 10.2 Å². The van der Waals surface area contributed by atoms with Crippen molar-refractivity contribution in [2.24, 2.45) is 16.7 Å². The van der Waals surface area contributed by atoms with E-state index >= 15 is 0 Å². The lowest BCUT2D eigenvalue weighted by Gasteiger charge is -2.43. The second-order valence-corrected chi connectivity index (χ2v) is 8.43. The Hall–Kier alpha value is -1.02. The van der Waals surface area contributed by atoms with E-state index in [0.29, 0.717) is 16.9 Å². The Morgan fingerprint density at radius 2 is 2.00 bits per heavy atom. The van der Waals surface area contributed by atoms with Gasteiger partial charge in [-0.15, -0.1) is 0 Å². The lowest BCUT2D eigenvalue weighted by molar-refractivity contribution is 0.155. The molecule has 2 fully saturated rings. The maximum Gasteiger partial charge on any atom is 0.0368 e. The van der Waals surface area contributed by atoms with Gasteiger partial charge in [-0.25, -0.2) is 0 Å². The first kappa shape index (κ1) is 14.9. The van der Waals surface area contributed by atoms with Crippen LogP contribution in [0.2, 0.25) is 0 Å². The summed E-state index contributed by atoms with van der Waals surface area (Å²) in [5, 5.41) is 3.90. The quantitative estimate of drug-likeness (QED) is 0.884. The number of nitrogens with zero attached hydrogens (tertiary/aromatic N) is 1. The van der Waals surface area contributed by atoms with Gasteiger partial charge in [-0.05, 0) is 67.8 Å². The van der Waals surface area contributed by atoms with Crippen molar-refractivity contribution in [1.82, 2.24) is 4.90 Å². The summed E-state index contributed by atoms with van der Waals surface area (Å²) in [6, 6.07) is 9.55. The van der Waals surface area contributed by atoms with Crippen molar-refractivity contribution in [2.75, 3.05) is 19.4 Å². The minimum Gasteiger partial charge on any atom is -0.381 e. The second kappa shape index (κ2) is 5.01. The molecule has 2 aliphatic carbocycles. The van der Waals surface area contributed by atoms with Crippen LogP contribution in [-0.2, 0) is 6.54 Å². The highest BCUT2D eigenvalue weighted by molar-refractivity contribution is 5.48. The predicted octanol–water partition coefficient (Wildman–Crippen LogP) is 4.37. The van der Waals surface area contributed by atoms with Gasteiger partial charge in [-0.2, -0.15) is 0 Å². The second-order valence-electron chi connectivity index (χ2n) is 8.43. The molecule has 2 heteroatoms. The molecule has 0 radical (unpaired) electrons. The highest BCUT2D eigenvalue weighted by atomic mass is 15.0. The van der Waals surface area contributed by atoms with Gasteiger partial charge >= 0.3 is 0 Å². The van der Waals surface area contributed by atoms with Crippen molar-refractivity contribution < 1.29 is 0 Å². The zero-order valence-corrected chi connectivity index (χ0v) is 14.2. The van der Waals surface area contributed by atoms with Crippen molar-refractivity contribution in [2.45, 2.75) is 52.6 Å². The summed E-state index contributed by atoms with van der Waals surface area (Å²) in [7, 11) is 4.25. The summed E-state index contributed by atoms with van der Waals surface area (Å²) in [4.78, 5) is 2.22. The number of hydrogen-bond acceptors (Lipinski definition) is 2. The Labute approximate surface area is 129 Å². The minimum atomic E-state index is 0.407. The molecule has 0 heterocycles. The highest BCUT2D eigenvalue weighted by Crippen LogP contribution is 2.63. The molecule has 1 aromatic carbocycles. The number of rotatable bonds is 4. The Kier molecular flexibility index (Phi) is 3.56. The molecule has 2 bridgehead atoms. The van der Waals surface area contributed by atoms with Crippen molar-refractivity contribution >= 4 is 5.69 Å². The molecular weight excluding hydrogens is 256 g/mol. The van der Waals surface area contributed by atoms with Gasteiger partial charge in [0, 0.05) is 18.3 Å². The lowest BCUT2D eigenvalue weighted by Crippen LogP contribution is -2.45. The van der Waals surface area contributed by atoms with E-state index < -0.39 is 0 Å². The fraction of sp³-hybridized carbons (Fsp3) is 0.684. The van der Waals surface area contributed by atoms with Crippen LogP contribution in [0.1, 0.15) is 45.6 Å². The average Bonchev–Trinajstić information content (AvgIpc) is 2.86. The van der Waals surface area contributed by atoms with Crippen LogP contribution in [0.4, 0.5) is 5.69 Å². The van der Waals surface area contributed by atoms with Crippen molar-refractivity contribution in [1.29, 1.82) is 0 Å². The largest absolute Gasteiger partial charge is 0.381 e. The molecule has 1 unspecified atom stereocenters. The SMILES string of the molecule is CN(C)Cc1cccc(NC2C(C)(C)[C@H]3CC[C@]2(C)C3)c1. The standard InChI is InChI=1S/C19H30N2/c1-18(2)15-9-10-19(3,12-15)17(18)20-16-8-6-7-14(11-16)13-21(4)5/h6-8,11,15,17,20H,9-10,12-13H2,1-5H3/t15-,17?,19+/m0/s1. The molecule has 0 aromatic heterocycles. The van der Waals surface area contributed by atoms with E-state index in [1.54, 1.807) is 0 Å². The summed E-state index contributed by atoms with van der Waals surface area (Å²) in [6.07, 6.45) is 4.20. The summed E-state index contributed by atoms with van der Waals surface area (Å²) >= 11 is 0. The third-order valence-electron chi connectivity index (χ3n) is 6.01. The minimum absolute atomic E-state index is 0.407. The smallest absolute Gasteiger partial charge is 0.0368 e. The molecule has 2 saturated carbocycles. The molecule has 116 valence electrons. The van der Waals surface area contributed by atoms with Gasteiger partial charge in [0.05, 0.1) is 0 Å². The normalized spacial score (nSPS) is 33.6. The van der Waals surface area contributed by atoms with Crippen molar-refractivity contribution in [3.8, 4) is 0 Å². The van der Waals surface area contributed by atoms with Crippen LogP contribution in [0.3, 0.4) is 0 Å². The van der Waals surface area contributed by atoms with E-state index in [4.69, 9.17) is 0 Å². The van der Waals surface area contributed by atoms with Crippen molar-refractivity contribution in [3.63, 3.8) is 0 Å². The summed E-state index contributed by atoms with van der Waals surface area (Å²) in [5.74, 6) is 0.893. The molecule has 0 amide bonds. The van der Waals surface area contributed by atoms with E-state index in [2.05, 4.69) is 69.3 Å². The molecule has 0 spiro atoms. The Morgan fingerprint density at radius 3 is 2.62 bits per heavy atom. The molecule has 1 N–H and O–H groups in total. The Morgan fingerprint density at radius 1 is 1.24 bits per heavy atom. The maximum atomic E-state index is 3.90. The van der Waals surface area contributed by atoms with E-state index in [-0.39, 0.29) is 0 Å². The topological polar surface area (TPSA) is 15.3 Å².